The maximum atomic E-state index is 11.9. The first kappa shape index (κ1) is 19.9. The van der Waals surface area contributed by atoms with Gasteiger partial charge in [-0.15, -0.1) is 0 Å². The van der Waals surface area contributed by atoms with Crippen LogP contribution in [-0.2, 0) is 21.0 Å². The molecule has 1 atom stereocenters. The van der Waals surface area contributed by atoms with Crippen molar-refractivity contribution in [2.24, 2.45) is 5.73 Å². The summed E-state index contributed by atoms with van der Waals surface area (Å²) in [4.78, 5) is 47.2. The second-order valence-corrected chi connectivity index (χ2v) is 5.40. The van der Waals surface area contributed by atoms with Crippen molar-refractivity contribution in [2.45, 2.75) is 31.6 Å². The molecule has 0 fully saturated rings. The number of hydrogen-bond acceptors (Lipinski definition) is 9. The minimum atomic E-state index is -1.13. The van der Waals surface area contributed by atoms with Crippen molar-refractivity contribution in [1.82, 2.24) is 9.55 Å². The number of ether oxygens (including phenoxy) is 2. The van der Waals surface area contributed by atoms with Crippen LogP contribution in [0.5, 0.6) is 0 Å². The molecule has 0 unspecified atom stereocenters. The topological polar surface area (TPSA) is 160 Å². The highest BCUT2D eigenvalue weighted by molar-refractivity contribution is 7.99. The molecule has 0 bridgehead atoms. The first-order valence-corrected chi connectivity index (χ1v) is 7.96. The van der Waals surface area contributed by atoms with Crippen LogP contribution in [0.4, 0.5) is 5.69 Å². The van der Waals surface area contributed by atoms with Crippen molar-refractivity contribution in [3.63, 3.8) is 0 Å². The maximum Gasteiger partial charge on any atom is 0.364 e. The summed E-state index contributed by atoms with van der Waals surface area (Å²) >= 11 is 0.739. The lowest BCUT2D eigenvalue weighted by molar-refractivity contribution is -0.390. The van der Waals surface area contributed by atoms with E-state index in [9.17, 15) is 24.5 Å². The van der Waals surface area contributed by atoms with Gasteiger partial charge in [-0.2, -0.15) is 0 Å². The molecular weight excluding hydrogens is 344 g/mol. The zero-order chi connectivity index (χ0) is 18.3. The fraction of sp³-hybridized carbons (Fsp3) is 0.583. The molecule has 0 amide bonds. The van der Waals surface area contributed by atoms with E-state index >= 15 is 0 Å². The Balaban J connectivity index is 3.21. The summed E-state index contributed by atoms with van der Waals surface area (Å²) in [6, 6.07) is -1.07. The van der Waals surface area contributed by atoms with Crippen molar-refractivity contribution in [1.29, 1.82) is 0 Å². The fourth-order valence-corrected chi connectivity index (χ4v) is 2.70. The number of rotatable bonds is 9. The molecule has 134 valence electrons. The number of hydrogen-bond donors (Lipinski definition) is 2. The largest absolute Gasteiger partial charge is 0.465 e. The summed E-state index contributed by atoms with van der Waals surface area (Å²) in [5, 5.41) is 10.9. The van der Waals surface area contributed by atoms with E-state index < -0.39 is 33.9 Å². The maximum absolute atomic E-state index is 11.9. The Hall–Kier alpha value is -2.18. The summed E-state index contributed by atoms with van der Waals surface area (Å²) in [7, 11) is 0. The third kappa shape index (κ3) is 4.91. The zero-order valence-electron chi connectivity index (χ0n) is 13.1. The lowest BCUT2D eigenvalue weighted by Gasteiger charge is -2.13. The van der Waals surface area contributed by atoms with Crippen LogP contribution in [-0.4, -0.2) is 45.5 Å². The Kier molecular flexibility index (Phi) is 7.61. The van der Waals surface area contributed by atoms with Gasteiger partial charge in [-0.05, 0) is 13.8 Å². The Morgan fingerprint density at radius 2 is 2.08 bits per heavy atom. The van der Waals surface area contributed by atoms with E-state index in [1.54, 1.807) is 13.8 Å². The van der Waals surface area contributed by atoms with E-state index in [-0.39, 0.29) is 30.7 Å². The van der Waals surface area contributed by atoms with E-state index in [0.717, 1.165) is 16.3 Å². The molecule has 0 aromatic carbocycles. The number of nitrogens with one attached hydrogen (secondary N) is 1. The number of aromatic amines is 1. The molecule has 24 heavy (non-hydrogen) atoms. The quantitative estimate of drug-likeness (QED) is 0.192. The van der Waals surface area contributed by atoms with E-state index in [0.29, 0.717) is 0 Å². The number of thioether (sulfide) groups is 1. The Bertz CT molecular complexity index is 714. The summed E-state index contributed by atoms with van der Waals surface area (Å²) < 4.78 is 10.7. The van der Waals surface area contributed by atoms with Gasteiger partial charge in [0, 0.05) is 12.4 Å². The van der Waals surface area contributed by atoms with Gasteiger partial charge in [0.15, 0.2) is 5.03 Å². The lowest BCUT2D eigenvalue weighted by atomic mass is 10.4. The number of nitro groups is 1. The molecule has 0 aliphatic heterocycles. The van der Waals surface area contributed by atoms with Gasteiger partial charge in [0.2, 0.25) is 0 Å². The van der Waals surface area contributed by atoms with Crippen molar-refractivity contribution in [2.75, 3.05) is 19.0 Å². The summed E-state index contributed by atoms with van der Waals surface area (Å²) in [6.07, 6.45) is 0. The molecule has 0 radical (unpaired) electrons. The fourth-order valence-electron chi connectivity index (χ4n) is 1.63. The molecule has 0 saturated carbocycles. The van der Waals surface area contributed by atoms with Crippen LogP contribution in [0.2, 0.25) is 0 Å². The van der Waals surface area contributed by atoms with Gasteiger partial charge in [0.25, 0.3) is 0 Å². The average Bonchev–Trinajstić information content (AvgIpc) is 2.51. The molecule has 3 N–H and O–H groups in total. The summed E-state index contributed by atoms with van der Waals surface area (Å²) in [5.41, 5.74) is 2.83. The average molecular weight is 362 g/mol. The number of carbonyl (C=O) groups excluding carboxylic acids is 1. The molecule has 1 aromatic rings. The second kappa shape index (κ2) is 9.20. The van der Waals surface area contributed by atoms with Gasteiger partial charge in [-0.1, -0.05) is 11.8 Å². The van der Waals surface area contributed by atoms with E-state index in [4.69, 9.17) is 15.2 Å². The number of carbonyl (C=O) groups is 1. The van der Waals surface area contributed by atoms with Gasteiger partial charge in [0.1, 0.15) is 12.8 Å². The van der Waals surface area contributed by atoms with Crippen LogP contribution >= 0.6 is 11.8 Å². The molecule has 0 aliphatic carbocycles. The summed E-state index contributed by atoms with van der Waals surface area (Å²) in [6.45, 7) is 3.39. The Labute approximate surface area is 140 Å². The van der Waals surface area contributed by atoms with Crippen molar-refractivity contribution in [3.05, 3.63) is 31.0 Å². The number of H-pyrrole nitrogens is 1. The van der Waals surface area contributed by atoms with Gasteiger partial charge in [-0.25, -0.2) is 4.79 Å². The Morgan fingerprint density at radius 3 is 2.62 bits per heavy atom. The normalized spacial score (nSPS) is 12.0. The highest BCUT2D eigenvalue weighted by Crippen LogP contribution is 2.25. The van der Waals surface area contributed by atoms with Crippen LogP contribution in [0, 0.1) is 10.1 Å². The number of aromatic nitrogens is 2. The molecule has 1 rings (SSSR count). The summed E-state index contributed by atoms with van der Waals surface area (Å²) in [5.74, 6) is -0.800. The predicted molar refractivity (Wildman–Crippen MR) is 84.9 cm³/mol. The highest BCUT2D eigenvalue weighted by Gasteiger charge is 2.27. The lowest BCUT2D eigenvalue weighted by Crippen LogP contribution is -2.36. The molecule has 1 heterocycles. The second-order valence-electron chi connectivity index (χ2n) is 4.39. The van der Waals surface area contributed by atoms with Crippen LogP contribution < -0.4 is 17.0 Å². The minimum absolute atomic E-state index is 0.116. The molecule has 12 heteroatoms. The molecule has 0 saturated heterocycles. The van der Waals surface area contributed by atoms with E-state index in [1.807, 2.05) is 4.98 Å². The van der Waals surface area contributed by atoms with Gasteiger partial charge >= 0.3 is 22.9 Å². The van der Waals surface area contributed by atoms with Gasteiger partial charge < -0.3 is 15.2 Å². The van der Waals surface area contributed by atoms with Crippen LogP contribution in [0.3, 0.4) is 0 Å². The molecule has 1 aromatic heterocycles. The smallest absolute Gasteiger partial charge is 0.364 e. The third-order valence-corrected chi connectivity index (χ3v) is 3.94. The van der Waals surface area contributed by atoms with E-state index in [2.05, 4.69) is 0 Å². The first-order chi connectivity index (χ1) is 11.3. The van der Waals surface area contributed by atoms with Crippen molar-refractivity contribution >= 4 is 23.4 Å². The van der Waals surface area contributed by atoms with Crippen LogP contribution in [0.25, 0.3) is 0 Å². The molecule has 11 nitrogen and oxygen atoms in total. The van der Waals surface area contributed by atoms with Gasteiger partial charge in [0.05, 0.1) is 11.5 Å². The number of nitrogens with zero attached hydrogens (tertiary/aromatic N) is 2. The van der Waals surface area contributed by atoms with Gasteiger partial charge in [-0.3, -0.25) is 29.3 Å². The first-order valence-electron chi connectivity index (χ1n) is 6.97. The van der Waals surface area contributed by atoms with E-state index in [1.165, 1.54) is 0 Å². The third-order valence-electron chi connectivity index (χ3n) is 2.72. The standard InChI is InChI=1S/C12H18N4O7S/c1-3-22-6-15-10(24-5-7(13)11(18)23-4-2)8(16(20)21)9(17)14-12(15)19/h7H,3-6,13H2,1-2H3,(H,14,17,19)/t7-/m0/s1. The predicted octanol–water partition coefficient (Wildman–Crippen LogP) is -0.579. The van der Waals surface area contributed by atoms with Crippen LogP contribution in [0.15, 0.2) is 14.6 Å². The molecular formula is C12H18N4O7S. The molecule has 0 spiro atoms. The number of esters is 1. The number of nitrogens with two attached hydrogens (primary N) is 1. The Morgan fingerprint density at radius 1 is 1.42 bits per heavy atom. The van der Waals surface area contributed by atoms with Crippen molar-refractivity contribution < 1.29 is 19.2 Å². The van der Waals surface area contributed by atoms with Crippen LogP contribution in [0.1, 0.15) is 13.8 Å². The van der Waals surface area contributed by atoms with Crippen molar-refractivity contribution in [3.8, 4) is 0 Å². The monoisotopic (exact) mass is 362 g/mol. The SMILES string of the molecule is CCOCn1c(SC[C@H](N)C(=O)OCC)c([N+](=O)[O-])c(=O)[nH]c1=O. The minimum Gasteiger partial charge on any atom is -0.465 e. The highest BCUT2D eigenvalue weighted by atomic mass is 32.2. The zero-order valence-corrected chi connectivity index (χ0v) is 14.0. The molecule has 0 aliphatic rings.